The fourth-order valence-corrected chi connectivity index (χ4v) is 4.29. The Hall–Kier alpha value is -4.70. The van der Waals surface area contributed by atoms with E-state index < -0.39 is 48.8 Å². The minimum Gasteiger partial charge on any atom is -0.497 e. The molecular weight excluding hydrogens is 536 g/mol. The predicted molar refractivity (Wildman–Crippen MR) is 148 cm³/mol. The molecule has 1 aliphatic rings. The van der Waals surface area contributed by atoms with E-state index in [0.717, 1.165) is 11.1 Å². The van der Waals surface area contributed by atoms with Crippen LogP contribution in [0.15, 0.2) is 84.0 Å². The number of amides is 3. The highest BCUT2D eigenvalue weighted by molar-refractivity contribution is 6.30. The lowest BCUT2D eigenvalue weighted by molar-refractivity contribution is -0.154. The number of carbonyl (C=O) groups is 4. The molecule has 0 saturated heterocycles. The highest BCUT2D eigenvalue weighted by atomic mass is 35.5. The molecule has 3 aromatic carbocycles. The van der Waals surface area contributed by atoms with E-state index in [2.05, 4.69) is 10.4 Å². The SMILES string of the molecule is COc1ccc([C@@H]2CC(c3ccccc3)=NN2C(=O)COC(=O)[C@H](CC(N)=O)NC(=O)c2ccc(Cl)cc2)cc1. The van der Waals surface area contributed by atoms with E-state index in [0.29, 0.717) is 22.9 Å². The Morgan fingerprint density at radius 3 is 2.33 bits per heavy atom. The van der Waals surface area contributed by atoms with Crippen LogP contribution in [0.25, 0.3) is 0 Å². The topological polar surface area (TPSA) is 140 Å². The third kappa shape index (κ3) is 7.03. The molecule has 0 saturated carbocycles. The lowest BCUT2D eigenvalue weighted by Gasteiger charge is -2.23. The van der Waals surface area contributed by atoms with Crippen molar-refractivity contribution in [2.45, 2.75) is 24.9 Å². The Morgan fingerprint density at radius 1 is 1.02 bits per heavy atom. The number of benzene rings is 3. The van der Waals surface area contributed by atoms with Gasteiger partial charge in [0.25, 0.3) is 11.8 Å². The van der Waals surface area contributed by atoms with Gasteiger partial charge in [0.15, 0.2) is 6.61 Å². The molecule has 0 aliphatic carbocycles. The van der Waals surface area contributed by atoms with Crippen LogP contribution in [0.5, 0.6) is 5.75 Å². The Labute approximate surface area is 235 Å². The first-order chi connectivity index (χ1) is 19.2. The third-order valence-electron chi connectivity index (χ3n) is 6.21. The normalized spacial score (nSPS) is 15.1. The number of carbonyl (C=O) groups excluding carboxylic acids is 4. The number of nitrogens with two attached hydrogens (primary N) is 1. The summed E-state index contributed by atoms with van der Waals surface area (Å²) in [6, 6.07) is 20.8. The molecule has 0 fully saturated rings. The highest BCUT2D eigenvalue weighted by Crippen LogP contribution is 2.33. The summed E-state index contributed by atoms with van der Waals surface area (Å²) in [7, 11) is 1.56. The van der Waals surface area contributed by atoms with Gasteiger partial charge in [0.05, 0.1) is 25.3 Å². The van der Waals surface area contributed by atoms with Gasteiger partial charge in [-0.3, -0.25) is 14.4 Å². The molecule has 1 heterocycles. The summed E-state index contributed by atoms with van der Waals surface area (Å²) in [6.45, 7) is -0.664. The van der Waals surface area contributed by atoms with Gasteiger partial charge < -0.3 is 20.5 Å². The zero-order chi connectivity index (χ0) is 28.6. The van der Waals surface area contributed by atoms with E-state index in [-0.39, 0.29) is 5.56 Å². The zero-order valence-electron chi connectivity index (χ0n) is 21.6. The third-order valence-corrected chi connectivity index (χ3v) is 6.46. The molecule has 0 aromatic heterocycles. The number of hydrogen-bond acceptors (Lipinski definition) is 7. The number of nitrogens with zero attached hydrogens (tertiary/aromatic N) is 2. The Bertz CT molecular complexity index is 1410. The van der Waals surface area contributed by atoms with Crippen molar-refractivity contribution in [3.8, 4) is 5.75 Å². The average molecular weight is 563 g/mol. The van der Waals surface area contributed by atoms with Gasteiger partial charge in [0, 0.05) is 17.0 Å². The van der Waals surface area contributed by atoms with E-state index in [1.54, 1.807) is 19.2 Å². The second-order valence-corrected chi connectivity index (χ2v) is 9.39. The van der Waals surface area contributed by atoms with Crippen LogP contribution in [-0.2, 0) is 19.1 Å². The van der Waals surface area contributed by atoms with Crippen LogP contribution in [0.1, 0.15) is 40.4 Å². The predicted octanol–water partition coefficient (Wildman–Crippen LogP) is 3.24. The molecule has 0 unspecified atom stereocenters. The number of halogens is 1. The standard InChI is InChI=1S/C29H27ClN4O6/c1-39-22-13-9-19(10-14-22)25-15-23(18-5-3-2-4-6-18)33-34(25)27(36)17-40-29(38)24(16-26(31)35)32-28(37)20-7-11-21(30)12-8-20/h2-14,24-25H,15-17H2,1H3,(H2,31,35)(H,32,37)/t24-,25-/m0/s1. The maximum Gasteiger partial charge on any atom is 0.329 e. The van der Waals surface area contributed by atoms with Gasteiger partial charge in [-0.25, -0.2) is 9.80 Å². The number of hydrogen-bond donors (Lipinski definition) is 2. The summed E-state index contributed by atoms with van der Waals surface area (Å²) in [6.07, 6.45) is -0.0711. The molecule has 2 atom stereocenters. The number of hydrazone groups is 1. The minimum atomic E-state index is -1.40. The Morgan fingerprint density at radius 2 is 1.70 bits per heavy atom. The van der Waals surface area contributed by atoms with Crippen molar-refractivity contribution >= 4 is 41.0 Å². The number of nitrogens with one attached hydrogen (secondary N) is 1. The summed E-state index contributed by atoms with van der Waals surface area (Å²) in [5, 5.41) is 8.69. The van der Waals surface area contributed by atoms with E-state index >= 15 is 0 Å². The van der Waals surface area contributed by atoms with E-state index in [9.17, 15) is 19.2 Å². The van der Waals surface area contributed by atoms with Gasteiger partial charge in [-0.15, -0.1) is 0 Å². The van der Waals surface area contributed by atoms with Gasteiger partial charge in [-0.2, -0.15) is 5.10 Å². The lowest BCUT2D eigenvalue weighted by Crippen LogP contribution is -2.45. The van der Waals surface area contributed by atoms with Gasteiger partial charge in [0.2, 0.25) is 5.91 Å². The molecule has 3 amide bonds. The number of esters is 1. The number of rotatable bonds is 10. The smallest absolute Gasteiger partial charge is 0.329 e. The Kier molecular flexibility index (Phi) is 9.13. The van der Waals surface area contributed by atoms with Gasteiger partial charge >= 0.3 is 5.97 Å². The maximum absolute atomic E-state index is 13.3. The first-order valence-electron chi connectivity index (χ1n) is 12.4. The molecule has 0 spiro atoms. The first kappa shape index (κ1) is 28.3. The number of primary amides is 1. The summed E-state index contributed by atoms with van der Waals surface area (Å²) in [5.74, 6) is -2.37. The molecule has 10 nitrogen and oxygen atoms in total. The summed E-state index contributed by atoms with van der Waals surface area (Å²) < 4.78 is 10.5. The lowest BCUT2D eigenvalue weighted by atomic mass is 9.98. The van der Waals surface area contributed by atoms with Crippen molar-refractivity contribution in [2.24, 2.45) is 10.8 Å². The van der Waals surface area contributed by atoms with Crippen LogP contribution >= 0.6 is 11.6 Å². The molecular formula is C29H27ClN4O6. The summed E-state index contributed by atoms with van der Waals surface area (Å²) >= 11 is 5.86. The van der Waals surface area contributed by atoms with Crippen LogP contribution in [0, 0.1) is 0 Å². The fraction of sp³-hybridized carbons (Fsp3) is 0.207. The molecule has 3 aromatic rings. The first-order valence-corrected chi connectivity index (χ1v) is 12.7. The number of ether oxygens (including phenoxy) is 2. The molecule has 0 radical (unpaired) electrons. The van der Waals surface area contributed by atoms with Crippen molar-refractivity contribution in [3.63, 3.8) is 0 Å². The average Bonchev–Trinajstić information content (AvgIpc) is 3.42. The van der Waals surface area contributed by atoms with Crippen molar-refractivity contribution in [1.82, 2.24) is 10.3 Å². The second kappa shape index (κ2) is 12.9. The Balaban J connectivity index is 1.48. The molecule has 4 rings (SSSR count). The van der Waals surface area contributed by atoms with E-state index in [4.69, 9.17) is 26.8 Å². The van der Waals surface area contributed by atoms with Gasteiger partial charge in [-0.1, -0.05) is 54.1 Å². The molecule has 206 valence electrons. The van der Waals surface area contributed by atoms with Crippen LogP contribution < -0.4 is 15.8 Å². The minimum absolute atomic E-state index is 0.213. The zero-order valence-corrected chi connectivity index (χ0v) is 22.3. The quantitative estimate of drug-likeness (QED) is 0.363. The van der Waals surface area contributed by atoms with Crippen LogP contribution in [0.2, 0.25) is 5.02 Å². The van der Waals surface area contributed by atoms with Crippen molar-refractivity contribution < 1.29 is 28.7 Å². The highest BCUT2D eigenvalue weighted by Gasteiger charge is 2.34. The maximum atomic E-state index is 13.3. The van der Waals surface area contributed by atoms with Crippen molar-refractivity contribution in [3.05, 3.63) is 101 Å². The summed E-state index contributed by atoms with van der Waals surface area (Å²) in [4.78, 5) is 50.3. The van der Waals surface area contributed by atoms with E-state index in [1.807, 2.05) is 42.5 Å². The number of methoxy groups -OCH3 is 1. The van der Waals surface area contributed by atoms with Gasteiger partial charge in [-0.05, 0) is 47.5 Å². The second-order valence-electron chi connectivity index (χ2n) is 8.96. The fourth-order valence-electron chi connectivity index (χ4n) is 4.17. The molecule has 1 aliphatic heterocycles. The summed E-state index contributed by atoms with van der Waals surface area (Å²) in [5.41, 5.74) is 7.87. The molecule has 3 N–H and O–H groups in total. The van der Waals surface area contributed by atoms with Crippen molar-refractivity contribution in [2.75, 3.05) is 13.7 Å². The van der Waals surface area contributed by atoms with Crippen LogP contribution in [0.3, 0.4) is 0 Å². The molecule has 0 bridgehead atoms. The monoisotopic (exact) mass is 562 g/mol. The molecule has 11 heteroatoms. The van der Waals surface area contributed by atoms with Gasteiger partial charge in [0.1, 0.15) is 11.8 Å². The largest absolute Gasteiger partial charge is 0.497 e. The molecule has 40 heavy (non-hydrogen) atoms. The van der Waals surface area contributed by atoms with Crippen molar-refractivity contribution in [1.29, 1.82) is 0 Å². The van der Waals surface area contributed by atoms with Crippen LogP contribution in [-0.4, -0.2) is 54.2 Å². The van der Waals surface area contributed by atoms with Crippen LogP contribution in [0.4, 0.5) is 0 Å². The van der Waals surface area contributed by atoms with E-state index in [1.165, 1.54) is 29.3 Å².